The fourth-order valence-electron chi connectivity index (χ4n) is 2.87. The molecule has 2 atom stereocenters. The lowest BCUT2D eigenvalue weighted by Crippen LogP contribution is -2.32. The molecule has 2 aromatic rings. The summed E-state index contributed by atoms with van der Waals surface area (Å²) >= 11 is 1.84. The average Bonchev–Trinajstić information content (AvgIpc) is 3.10. The molecule has 1 fully saturated rings. The number of thiophene rings is 1. The van der Waals surface area contributed by atoms with Gasteiger partial charge in [-0.05, 0) is 48.2 Å². The van der Waals surface area contributed by atoms with Crippen molar-refractivity contribution in [1.29, 1.82) is 0 Å². The van der Waals surface area contributed by atoms with Gasteiger partial charge >= 0.3 is 0 Å². The number of ether oxygens (including phenoxy) is 1. The SMILES string of the molecule is CCCNC(c1cccc2ccsc12)C1CCCO1. The Hall–Kier alpha value is -0.900. The summed E-state index contributed by atoms with van der Waals surface area (Å²) in [6.07, 6.45) is 3.85. The Bertz CT molecular complexity index is 530. The van der Waals surface area contributed by atoms with Crippen molar-refractivity contribution < 1.29 is 4.74 Å². The minimum absolute atomic E-state index is 0.333. The lowest BCUT2D eigenvalue weighted by molar-refractivity contribution is 0.0788. The van der Waals surface area contributed by atoms with Crippen LogP contribution in [-0.4, -0.2) is 19.3 Å². The molecule has 0 radical (unpaired) electrons. The van der Waals surface area contributed by atoms with E-state index in [1.165, 1.54) is 28.5 Å². The van der Waals surface area contributed by atoms with E-state index < -0.39 is 0 Å². The van der Waals surface area contributed by atoms with Crippen molar-refractivity contribution in [2.75, 3.05) is 13.2 Å². The molecule has 0 amide bonds. The van der Waals surface area contributed by atoms with E-state index in [1.54, 1.807) is 0 Å². The molecule has 0 aliphatic carbocycles. The van der Waals surface area contributed by atoms with Gasteiger partial charge in [-0.15, -0.1) is 11.3 Å². The van der Waals surface area contributed by atoms with Crippen LogP contribution in [0.1, 0.15) is 37.8 Å². The van der Waals surface area contributed by atoms with Gasteiger partial charge in [0.05, 0.1) is 12.1 Å². The molecule has 3 heteroatoms. The highest BCUT2D eigenvalue weighted by atomic mass is 32.1. The number of rotatable bonds is 5. The number of hydrogen-bond donors (Lipinski definition) is 1. The Morgan fingerprint density at radius 2 is 2.37 bits per heavy atom. The summed E-state index contributed by atoms with van der Waals surface area (Å²) in [5, 5.41) is 7.22. The largest absolute Gasteiger partial charge is 0.376 e. The molecule has 2 heterocycles. The third kappa shape index (κ3) is 2.69. The average molecular weight is 275 g/mol. The molecule has 3 rings (SSSR count). The molecule has 2 nitrogen and oxygen atoms in total. The van der Waals surface area contributed by atoms with Crippen LogP contribution in [-0.2, 0) is 4.74 Å². The molecule has 1 aromatic heterocycles. The molecule has 1 aliphatic rings. The van der Waals surface area contributed by atoms with Crippen LogP contribution in [0, 0.1) is 0 Å². The Labute approximate surface area is 118 Å². The Morgan fingerprint density at radius 1 is 1.42 bits per heavy atom. The third-order valence-electron chi connectivity index (χ3n) is 3.80. The van der Waals surface area contributed by atoms with Crippen LogP contribution >= 0.6 is 11.3 Å². The van der Waals surface area contributed by atoms with Crippen LogP contribution in [0.5, 0.6) is 0 Å². The molecule has 1 aromatic carbocycles. The molecule has 19 heavy (non-hydrogen) atoms. The third-order valence-corrected chi connectivity index (χ3v) is 4.77. The second kappa shape index (κ2) is 6.04. The molecular weight excluding hydrogens is 254 g/mol. The highest BCUT2D eigenvalue weighted by molar-refractivity contribution is 7.17. The Balaban J connectivity index is 1.95. The first-order chi connectivity index (χ1) is 9.40. The van der Waals surface area contributed by atoms with Crippen LogP contribution in [0.3, 0.4) is 0 Å². The van der Waals surface area contributed by atoms with Crippen molar-refractivity contribution >= 4 is 21.4 Å². The van der Waals surface area contributed by atoms with E-state index in [0.717, 1.165) is 19.6 Å². The number of fused-ring (bicyclic) bond motifs is 1. The van der Waals surface area contributed by atoms with Crippen LogP contribution in [0.2, 0.25) is 0 Å². The number of hydrogen-bond acceptors (Lipinski definition) is 3. The summed E-state index contributed by atoms with van der Waals surface area (Å²) in [7, 11) is 0. The van der Waals surface area contributed by atoms with Crippen molar-refractivity contribution in [2.24, 2.45) is 0 Å². The van der Waals surface area contributed by atoms with Crippen molar-refractivity contribution in [2.45, 2.75) is 38.3 Å². The summed E-state index contributed by atoms with van der Waals surface area (Å²) in [6.45, 7) is 4.17. The molecular formula is C16H21NOS. The first-order valence-corrected chi connectivity index (χ1v) is 8.09. The first kappa shape index (κ1) is 13.1. The summed E-state index contributed by atoms with van der Waals surface area (Å²) in [4.78, 5) is 0. The fourth-order valence-corrected chi connectivity index (χ4v) is 3.82. The van der Waals surface area contributed by atoms with E-state index in [0.29, 0.717) is 12.1 Å². The van der Waals surface area contributed by atoms with Crippen LogP contribution in [0.4, 0.5) is 0 Å². The van der Waals surface area contributed by atoms with Crippen molar-refractivity contribution in [3.63, 3.8) is 0 Å². The second-order valence-corrected chi connectivity index (χ2v) is 6.09. The Kier molecular flexibility index (Phi) is 4.16. The van der Waals surface area contributed by atoms with Gasteiger partial charge in [-0.2, -0.15) is 0 Å². The molecule has 0 spiro atoms. The van der Waals surface area contributed by atoms with Gasteiger partial charge in [-0.3, -0.25) is 0 Å². The number of nitrogens with one attached hydrogen (secondary N) is 1. The maximum Gasteiger partial charge on any atom is 0.0771 e. The summed E-state index contributed by atoms with van der Waals surface area (Å²) < 4.78 is 7.34. The van der Waals surface area contributed by atoms with E-state index in [4.69, 9.17) is 4.74 Å². The highest BCUT2D eigenvalue weighted by Gasteiger charge is 2.28. The molecule has 1 N–H and O–H groups in total. The Morgan fingerprint density at radius 3 is 3.16 bits per heavy atom. The van der Waals surface area contributed by atoms with Crippen molar-refractivity contribution in [3.05, 3.63) is 35.2 Å². The first-order valence-electron chi connectivity index (χ1n) is 7.21. The zero-order valence-corrected chi connectivity index (χ0v) is 12.2. The summed E-state index contributed by atoms with van der Waals surface area (Å²) in [6, 6.07) is 9.16. The van der Waals surface area contributed by atoms with E-state index in [-0.39, 0.29) is 0 Å². The molecule has 2 unspecified atom stereocenters. The lowest BCUT2D eigenvalue weighted by Gasteiger charge is -2.25. The van der Waals surface area contributed by atoms with E-state index >= 15 is 0 Å². The molecule has 102 valence electrons. The van der Waals surface area contributed by atoms with Gasteiger partial charge < -0.3 is 10.1 Å². The quantitative estimate of drug-likeness (QED) is 0.886. The zero-order chi connectivity index (χ0) is 13.1. The fraction of sp³-hybridized carbons (Fsp3) is 0.500. The standard InChI is InChI=1S/C16H21NOS/c1-2-9-17-15(14-7-4-10-18-14)13-6-3-5-12-8-11-19-16(12)13/h3,5-6,8,11,14-15,17H,2,4,7,9-10H2,1H3. The maximum absolute atomic E-state index is 5.93. The minimum atomic E-state index is 0.333. The van der Waals surface area contributed by atoms with E-state index in [1.807, 2.05) is 11.3 Å². The molecule has 1 saturated heterocycles. The van der Waals surface area contributed by atoms with Gasteiger partial charge in [-0.25, -0.2) is 0 Å². The van der Waals surface area contributed by atoms with Crippen molar-refractivity contribution in [3.8, 4) is 0 Å². The minimum Gasteiger partial charge on any atom is -0.376 e. The molecule has 0 bridgehead atoms. The second-order valence-electron chi connectivity index (χ2n) is 5.17. The highest BCUT2D eigenvalue weighted by Crippen LogP contribution is 2.34. The molecule has 0 saturated carbocycles. The van der Waals surface area contributed by atoms with E-state index in [9.17, 15) is 0 Å². The predicted octanol–water partition coefficient (Wildman–Crippen LogP) is 4.12. The van der Waals surface area contributed by atoms with Crippen LogP contribution in [0.25, 0.3) is 10.1 Å². The summed E-state index contributed by atoms with van der Waals surface area (Å²) in [5.41, 5.74) is 1.41. The molecule has 1 aliphatic heterocycles. The van der Waals surface area contributed by atoms with Gasteiger partial charge in [-0.1, -0.05) is 25.1 Å². The summed E-state index contributed by atoms with van der Waals surface area (Å²) in [5.74, 6) is 0. The van der Waals surface area contributed by atoms with Gasteiger partial charge in [0.25, 0.3) is 0 Å². The predicted molar refractivity (Wildman–Crippen MR) is 81.8 cm³/mol. The topological polar surface area (TPSA) is 21.3 Å². The monoisotopic (exact) mass is 275 g/mol. The van der Waals surface area contributed by atoms with Crippen molar-refractivity contribution in [1.82, 2.24) is 5.32 Å². The van der Waals surface area contributed by atoms with E-state index in [2.05, 4.69) is 41.9 Å². The normalized spacial score (nSPS) is 21.0. The smallest absolute Gasteiger partial charge is 0.0771 e. The van der Waals surface area contributed by atoms with Crippen LogP contribution in [0.15, 0.2) is 29.6 Å². The van der Waals surface area contributed by atoms with Gasteiger partial charge in [0.15, 0.2) is 0 Å². The van der Waals surface area contributed by atoms with Gasteiger partial charge in [0.1, 0.15) is 0 Å². The maximum atomic E-state index is 5.93. The van der Waals surface area contributed by atoms with Crippen LogP contribution < -0.4 is 5.32 Å². The zero-order valence-electron chi connectivity index (χ0n) is 11.4. The lowest BCUT2D eigenvalue weighted by atomic mass is 9.98. The van der Waals surface area contributed by atoms with Gasteiger partial charge in [0.2, 0.25) is 0 Å². The van der Waals surface area contributed by atoms with Gasteiger partial charge in [0, 0.05) is 11.3 Å². The number of benzene rings is 1.